The van der Waals surface area contributed by atoms with E-state index in [-0.39, 0.29) is 0 Å². The van der Waals surface area contributed by atoms with E-state index in [1.54, 1.807) is 0 Å². The first-order chi connectivity index (χ1) is 8.31. The molecule has 0 bridgehead atoms. The molecule has 0 amide bonds. The van der Waals surface area contributed by atoms with Gasteiger partial charge in [-0.3, -0.25) is 0 Å². The summed E-state index contributed by atoms with van der Waals surface area (Å²) >= 11 is 0. The summed E-state index contributed by atoms with van der Waals surface area (Å²) in [5.74, 6) is 0.418. The smallest absolute Gasteiger partial charge is 0.0622 e. The van der Waals surface area contributed by atoms with Crippen LogP contribution in [0.15, 0.2) is 30.3 Å². The van der Waals surface area contributed by atoms with Crippen molar-refractivity contribution in [3.8, 4) is 0 Å². The molecule has 1 aliphatic heterocycles. The average Bonchev–Trinajstić information content (AvgIpc) is 2.90. The quantitative estimate of drug-likeness (QED) is 0.838. The molecule has 3 heteroatoms. The third kappa shape index (κ3) is 3.28. The molecular weight excluding hydrogens is 212 g/mol. The number of likely N-dealkylation sites (N-methyl/N-ethyl adjacent to an activating group) is 1. The van der Waals surface area contributed by atoms with Gasteiger partial charge in [-0.15, -0.1) is 0 Å². The van der Waals surface area contributed by atoms with E-state index in [1.165, 1.54) is 5.56 Å². The Kier molecular flexibility index (Phi) is 4.54. The van der Waals surface area contributed by atoms with Crippen molar-refractivity contribution in [2.45, 2.75) is 18.4 Å². The van der Waals surface area contributed by atoms with Gasteiger partial charge in [0.1, 0.15) is 0 Å². The predicted molar refractivity (Wildman–Crippen MR) is 70.1 cm³/mol. The van der Waals surface area contributed by atoms with Crippen LogP contribution in [0.2, 0.25) is 0 Å². The maximum Gasteiger partial charge on any atom is 0.0622 e. The Morgan fingerprint density at radius 1 is 1.41 bits per heavy atom. The largest absolute Gasteiger partial charge is 0.380 e. The van der Waals surface area contributed by atoms with Gasteiger partial charge < -0.3 is 15.4 Å². The first-order valence-corrected chi connectivity index (χ1v) is 6.34. The highest BCUT2D eigenvalue weighted by atomic mass is 16.5. The second-order valence-electron chi connectivity index (χ2n) is 4.80. The minimum Gasteiger partial charge on any atom is -0.380 e. The fraction of sp³-hybridized carbons (Fsp3) is 0.571. The van der Waals surface area contributed by atoms with Crippen molar-refractivity contribution in [2.24, 2.45) is 5.73 Å². The molecule has 0 aliphatic carbocycles. The van der Waals surface area contributed by atoms with Gasteiger partial charge in [0.05, 0.1) is 6.61 Å². The molecule has 1 heterocycles. The Hall–Kier alpha value is -0.900. The van der Waals surface area contributed by atoms with E-state index in [0.29, 0.717) is 18.5 Å². The van der Waals surface area contributed by atoms with Crippen LogP contribution in [0.3, 0.4) is 0 Å². The Bertz CT molecular complexity index is 322. The van der Waals surface area contributed by atoms with E-state index >= 15 is 0 Å². The van der Waals surface area contributed by atoms with Crippen LogP contribution >= 0.6 is 0 Å². The van der Waals surface area contributed by atoms with E-state index in [9.17, 15) is 0 Å². The fourth-order valence-electron chi connectivity index (χ4n) is 2.41. The summed E-state index contributed by atoms with van der Waals surface area (Å²) in [5, 5.41) is 0. The number of benzene rings is 1. The SMILES string of the molecule is CN(CC(CN)c1ccccc1)C1CCOC1. The van der Waals surface area contributed by atoms with Crippen LogP contribution < -0.4 is 5.73 Å². The monoisotopic (exact) mass is 234 g/mol. The van der Waals surface area contributed by atoms with Crippen LogP contribution in [-0.2, 0) is 4.74 Å². The highest BCUT2D eigenvalue weighted by Gasteiger charge is 2.22. The number of nitrogens with two attached hydrogens (primary N) is 1. The van der Waals surface area contributed by atoms with Gasteiger partial charge >= 0.3 is 0 Å². The van der Waals surface area contributed by atoms with Gasteiger partial charge in [-0.2, -0.15) is 0 Å². The molecule has 0 spiro atoms. The van der Waals surface area contributed by atoms with Crippen LogP contribution in [0.5, 0.6) is 0 Å². The Balaban J connectivity index is 1.95. The third-order valence-electron chi connectivity index (χ3n) is 3.59. The third-order valence-corrected chi connectivity index (χ3v) is 3.59. The maximum atomic E-state index is 5.89. The highest BCUT2D eigenvalue weighted by Crippen LogP contribution is 2.18. The van der Waals surface area contributed by atoms with Gasteiger partial charge in [-0.25, -0.2) is 0 Å². The maximum absolute atomic E-state index is 5.89. The minimum atomic E-state index is 0.418. The Labute approximate surface area is 104 Å². The molecule has 3 nitrogen and oxygen atoms in total. The lowest BCUT2D eigenvalue weighted by atomic mass is 9.98. The lowest BCUT2D eigenvalue weighted by molar-refractivity contribution is 0.156. The van der Waals surface area contributed by atoms with Gasteiger partial charge in [0.2, 0.25) is 0 Å². The summed E-state index contributed by atoms with van der Waals surface area (Å²) in [6.45, 7) is 3.46. The van der Waals surface area contributed by atoms with Gasteiger partial charge in [0.25, 0.3) is 0 Å². The number of rotatable bonds is 5. The zero-order chi connectivity index (χ0) is 12.1. The van der Waals surface area contributed by atoms with Crippen LogP contribution in [0.1, 0.15) is 17.9 Å². The van der Waals surface area contributed by atoms with E-state index in [1.807, 2.05) is 6.07 Å². The molecule has 17 heavy (non-hydrogen) atoms. The summed E-state index contributed by atoms with van der Waals surface area (Å²) in [7, 11) is 2.17. The molecular formula is C14H22N2O. The molecule has 2 N–H and O–H groups in total. The van der Waals surface area contributed by atoms with Crippen LogP contribution in [0.25, 0.3) is 0 Å². The van der Waals surface area contributed by atoms with Crippen molar-refractivity contribution < 1.29 is 4.74 Å². The Morgan fingerprint density at radius 3 is 2.76 bits per heavy atom. The molecule has 0 saturated carbocycles. The fourth-order valence-corrected chi connectivity index (χ4v) is 2.41. The summed E-state index contributed by atoms with van der Waals surface area (Å²) in [5.41, 5.74) is 7.23. The molecule has 1 fully saturated rings. The summed E-state index contributed by atoms with van der Waals surface area (Å²) in [4.78, 5) is 2.39. The lowest BCUT2D eigenvalue weighted by Gasteiger charge is -2.27. The van der Waals surface area contributed by atoms with Crippen molar-refractivity contribution in [3.63, 3.8) is 0 Å². The van der Waals surface area contributed by atoms with Gasteiger partial charge in [0.15, 0.2) is 0 Å². The molecule has 94 valence electrons. The minimum absolute atomic E-state index is 0.418. The van der Waals surface area contributed by atoms with Gasteiger partial charge in [0, 0.05) is 31.7 Å². The normalized spacial score (nSPS) is 21.9. The summed E-state index contributed by atoms with van der Waals surface area (Å²) in [6, 6.07) is 11.1. The van der Waals surface area contributed by atoms with E-state index in [2.05, 4.69) is 36.2 Å². The molecule has 2 rings (SSSR count). The summed E-state index contributed by atoms with van der Waals surface area (Å²) in [6.07, 6.45) is 1.14. The zero-order valence-corrected chi connectivity index (χ0v) is 10.5. The molecule has 0 aromatic heterocycles. The van der Waals surface area contributed by atoms with Crippen molar-refractivity contribution in [1.29, 1.82) is 0 Å². The van der Waals surface area contributed by atoms with Gasteiger partial charge in [-0.1, -0.05) is 30.3 Å². The number of nitrogens with zero attached hydrogens (tertiary/aromatic N) is 1. The molecule has 2 atom stereocenters. The number of hydrogen-bond donors (Lipinski definition) is 1. The van der Waals surface area contributed by atoms with Crippen LogP contribution in [-0.4, -0.2) is 44.3 Å². The standard InChI is InChI=1S/C14H22N2O/c1-16(14-7-8-17-11-14)10-13(9-15)12-5-3-2-4-6-12/h2-6,13-14H,7-11,15H2,1H3. The molecule has 1 saturated heterocycles. The second kappa shape index (κ2) is 6.15. The van der Waals surface area contributed by atoms with Crippen LogP contribution in [0.4, 0.5) is 0 Å². The van der Waals surface area contributed by atoms with Crippen molar-refractivity contribution >= 4 is 0 Å². The topological polar surface area (TPSA) is 38.5 Å². The second-order valence-corrected chi connectivity index (χ2v) is 4.80. The zero-order valence-electron chi connectivity index (χ0n) is 10.5. The average molecular weight is 234 g/mol. The Morgan fingerprint density at radius 2 is 2.18 bits per heavy atom. The predicted octanol–water partition coefficient (Wildman–Crippen LogP) is 1.45. The lowest BCUT2D eigenvalue weighted by Crippen LogP contribution is -2.37. The molecule has 2 unspecified atom stereocenters. The first kappa shape index (κ1) is 12.6. The molecule has 1 aliphatic rings. The van der Waals surface area contributed by atoms with Gasteiger partial charge in [-0.05, 0) is 19.0 Å². The molecule has 1 aromatic carbocycles. The van der Waals surface area contributed by atoms with Crippen LogP contribution in [0, 0.1) is 0 Å². The number of hydrogen-bond acceptors (Lipinski definition) is 3. The molecule has 1 aromatic rings. The van der Waals surface area contributed by atoms with E-state index in [4.69, 9.17) is 10.5 Å². The van der Waals surface area contributed by atoms with Crippen molar-refractivity contribution in [1.82, 2.24) is 4.90 Å². The van der Waals surface area contributed by atoms with Crippen molar-refractivity contribution in [2.75, 3.05) is 33.4 Å². The first-order valence-electron chi connectivity index (χ1n) is 6.34. The molecule has 0 radical (unpaired) electrons. The van der Waals surface area contributed by atoms with E-state index < -0.39 is 0 Å². The van der Waals surface area contributed by atoms with Crippen molar-refractivity contribution in [3.05, 3.63) is 35.9 Å². The summed E-state index contributed by atoms with van der Waals surface area (Å²) < 4.78 is 5.43. The number of ether oxygens (including phenoxy) is 1. The highest BCUT2D eigenvalue weighted by molar-refractivity contribution is 5.20. The van der Waals surface area contributed by atoms with E-state index in [0.717, 1.165) is 26.2 Å².